The summed E-state index contributed by atoms with van der Waals surface area (Å²) in [6.07, 6.45) is 0. The van der Waals surface area contributed by atoms with Crippen LogP contribution in [-0.4, -0.2) is 0 Å². The number of hydrogen-bond acceptors (Lipinski definition) is 1. The van der Waals surface area contributed by atoms with Crippen LogP contribution in [0.4, 0.5) is 0 Å². The van der Waals surface area contributed by atoms with E-state index < -0.39 is 0 Å². The molecule has 0 spiro atoms. The van der Waals surface area contributed by atoms with Gasteiger partial charge in [-0.1, -0.05) is 15.9 Å². The van der Waals surface area contributed by atoms with Gasteiger partial charge in [0.25, 0.3) is 0 Å². The van der Waals surface area contributed by atoms with Gasteiger partial charge in [0.05, 0.1) is 0 Å². The quantitative estimate of drug-likeness (QED) is 0.432. The standard InChI is InChI=1S/C9H5Br2IS/c10-3-5-4-13-9-2-8(12)7(11)1-6(5)9/h1-2,4H,3H2. The van der Waals surface area contributed by atoms with E-state index in [1.54, 1.807) is 11.3 Å². The summed E-state index contributed by atoms with van der Waals surface area (Å²) in [6, 6.07) is 4.42. The molecule has 0 saturated carbocycles. The Bertz CT molecular complexity index is 450. The van der Waals surface area contributed by atoms with Gasteiger partial charge in [0.1, 0.15) is 0 Å². The molecule has 0 amide bonds. The minimum Gasteiger partial charge on any atom is -0.143 e. The first-order chi connectivity index (χ1) is 6.22. The molecule has 1 aromatic heterocycles. The van der Waals surface area contributed by atoms with Crippen LogP contribution in [0.2, 0.25) is 0 Å². The van der Waals surface area contributed by atoms with Crippen molar-refractivity contribution in [2.75, 3.05) is 0 Å². The summed E-state index contributed by atoms with van der Waals surface area (Å²) in [6.45, 7) is 0. The van der Waals surface area contributed by atoms with Crippen LogP contribution in [0.3, 0.4) is 0 Å². The fraction of sp³-hybridized carbons (Fsp3) is 0.111. The second kappa shape index (κ2) is 4.16. The van der Waals surface area contributed by atoms with Crippen LogP contribution >= 0.6 is 65.8 Å². The predicted molar refractivity (Wildman–Crippen MR) is 74.9 cm³/mol. The molecule has 68 valence electrons. The van der Waals surface area contributed by atoms with Gasteiger partial charge in [0.2, 0.25) is 0 Å². The third-order valence-electron chi connectivity index (χ3n) is 1.84. The number of rotatable bonds is 1. The van der Waals surface area contributed by atoms with Crippen molar-refractivity contribution in [3.8, 4) is 0 Å². The molecule has 1 heterocycles. The predicted octanol–water partition coefficient (Wildman–Crippen LogP) is 5.16. The van der Waals surface area contributed by atoms with Gasteiger partial charge in [-0.25, -0.2) is 0 Å². The molecule has 0 fully saturated rings. The molecule has 4 heteroatoms. The van der Waals surface area contributed by atoms with E-state index in [4.69, 9.17) is 0 Å². The third kappa shape index (κ3) is 1.96. The van der Waals surface area contributed by atoms with Crippen LogP contribution < -0.4 is 0 Å². The molecule has 2 rings (SSSR count). The van der Waals surface area contributed by atoms with Gasteiger partial charge in [-0.05, 0) is 67.0 Å². The molecule has 0 bridgehead atoms. The first-order valence-electron chi connectivity index (χ1n) is 3.63. The lowest BCUT2D eigenvalue weighted by Crippen LogP contribution is -1.76. The van der Waals surface area contributed by atoms with Crippen LogP contribution in [0.1, 0.15) is 5.56 Å². The maximum Gasteiger partial charge on any atom is 0.0357 e. The smallest absolute Gasteiger partial charge is 0.0357 e. The first kappa shape index (κ1) is 10.4. The summed E-state index contributed by atoms with van der Waals surface area (Å²) < 4.78 is 3.82. The fourth-order valence-electron chi connectivity index (χ4n) is 1.18. The van der Waals surface area contributed by atoms with E-state index in [0.717, 1.165) is 5.33 Å². The second-order valence-electron chi connectivity index (χ2n) is 2.66. The minimum atomic E-state index is 0.931. The Kier molecular flexibility index (Phi) is 3.33. The van der Waals surface area contributed by atoms with Crippen LogP contribution in [0.25, 0.3) is 10.1 Å². The molecule has 0 unspecified atom stereocenters. The van der Waals surface area contributed by atoms with Crippen molar-refractivity contribution in [1.82, 2.24) is 0 Å². The molecular weight excluding hydrogens is 427 g/mol. The van der Waals surface area contributed by atoms with E-state index in [1.165, 1.54) is 23.7 Å². The largest absolute Gasteiger partial charge is 0.143 e. The highest BCUT2D eigenvalue weighted by Gasteiger charge is 2.05. The SMILES string of the molecule is BrCc1csc2cc(I)c(Br)cc12. The Labute approximate surface area is 111 Å². The Morgan fingerprint density at radius 1 is 1.38 bits per heavy atom. The molecule has 0 aliphatic heterocycles. The van der Waals surface area contributed by atoms with Crippen LogP contribution in [0.15, 0.2) is 22.0 Å². The lowest BCUT2D eigenvalue weighted by molar-refractivity contribution is 1.53. The highest BCUT2D eigenvalue weighted by molar-refractivity contribution is 14.1. The summed E-state index contributed by atoms with van der Waals surface area (Å²) in [5.74, 6) is 0. The number of thiophene rings is 1. The zero-order chi connectivity index (χ0) is 9.42. The maximum atomic E-state index is 3.55. The molecule has 13 heavy (non-hydrogen) atoms. The normalized spacial score (nSPS) is 11.0. The van der Waals surface area contributed by atoms with E-state index >= 15 is 0 Å². The maximum absolute atomic E-state index is 3.55. The molecule has 0 aliphatic carbocycles. The van der Waals surface area contributed by atoms with Crippen molar-refractivity contribution in [3.63, 3.8) is 0 Å². The van der Waals surface area contributed by atoms with E-state index in [2.05, 4.69) is 72.0 Å². The Balaban J connectivity index is 2.77. The van der Waals surface area contributed by atoms with E-state index in [9.17, 15) is 0 Å². The van der Waals surface area contributed by atoms with Crippen LogP contribution in [0, 0.1) is 3.57 Å². The van der Waals surface area contributed by atoms with Gasteiger partial charge in [0, 0.05) is 18.1 Å². The van der Waals surface area contributed by atoms with Crippen molar-refractivity contribution in [1.29, 1.82) is 0 Å². The van der Waals surface area contributed by atoms with Crippen molar-refractivity contribution in [2.45, 2.75) is 5.33 Å². The number of alkyl halides is 1. The summed E-state index contributed by atoms with van der Waals surface area (Å²) in [5.41, 5.74) is 1.37. The van der Waals surface area contributed by atoms with Gasteiger partial charge in [-0.15, -0.1) is 11.3 Å². The van der Waals surface area contributed by atoms with Crippen LogP contribution in [-0.2, 0) is 5.33 Å². The molecule has 0 saturated heterocycles. The van der Waals surface area contributed by atoms with E-state index in [1.807, 2.05) is 0 Å². The second-order valence-corrected chi connectivity index (χ2v) is 6.15. The Hall–Kier alpha value is 0.870. The fourth-order valence-corrected chi connectivity index (χ4v) is 3.86. The van der Waals surface area contributed by atoms with Crippen molar-refractivity contribution in [2.24, 2.45) is 0 Å². The summed E-state index contributed by atoms with van der Waals surface area (Å²) in [5, 5.41) is 4.50. The highest BCUT2D eigenvalue weighted by Crippen LogP contribution is 2.32. The van der Waals surface area contributed by atoms with E-state index in [0.29, 0.717) is 0 Å². The summed E-state index contributed by atoms with van der Waals surface area (Å²) >= 11 is 11.2. The van der Waals surface area contributed by atoms with Gasteiger partial charge >= 0.3 is 0 Å². The first-order valence-corrected chi connectivity index (χ1v) is 7.50. The minimum absolute atomic E-state index is 0.931. The molecule has 0 atom stereocenters. The lowest BCUT2D eigenvalue weighted by Gasteiger charge is -1.97. The van der Waals surface area contributed by atoms with Gasteiger partial charge in [-0.2, -0.15) is 0 Å². The zero-order valence-corrected chi connectivity index (χ0v) is 12.6. The average Bonchev–Trinajstić information content (AvgIpc) is 2.48. The van der Waals surface area contributed by atoms with E-state index in [-0.39, 0.29) is 0 Å². The number of benzene rings is 1. The zero-order valence-electron chi connectivity index (χ0n) is 6.48. The number of halogens is 3. The van der Waals surface area contributed by atoms with Gasteiger partial charge in [-0.3, -0.25) is 0 Å². The molecule has 0 nitrogen and oxygen atoms in total. The third-order valence-corrected chi connectivity index (χ3v) is 5.73. The molecular formula is C9H5Br2IS. The lowest BCUT2D eigenvalue weighted by atomic mass is 10.2. The Morgan fingerprint density at radius 3 is 2.85 bits per heavy atom. The monoisotopic (exact) mass is 430 g/mol. The van der Waals surface area contributed by atoms with Gasteiger partial charge in [0.15, 0.2) is 0 Å². The average molecular weight is 432 g/mol. The number of fused-ring (bicyclic) bond motifs is 1. The van der Waals surface area contributed by atoms with Crippen molar-refractivity contribution >= 4 is 75.9 Å². The topological polar surface area (TPSA) is 0 Å². The van der Waals surface area contributed by atoms with Crippen molar-refractivity contribution < 1.29 is 0 Å². The molecule has 0 N–H and O–H groups in total. The van der Waals surface area contributed by atoms with Gasteiger partial charge < -0.3 is 0 Å². The molecule has 1 aromatic carbocycles. The number of hydrogen-bond donors (Lipinski definition) is 0. The molecule has 2 aromatic rings. The molecule has 0 aliphatic rings. The summed E-state index contributed by atoms with van der Waals surface area (Å²) in [7, 11) is 0. The highest BCUT2D eigenvalue weighted by atomic mass is 127. The molecule has 0 radical (unpaired) electrons. The Morgan fingerprint density at radius 2 is 2.15 bits per heavy atom. The summed E-state index contributed by atoms with van der Waals surface area (Å²) in [4.78, 5) is 0. The van der Waals surface area contributed by atoms with Crippen LogP contribution in [0.5, 0.6) is 0 Å². The van der Waals surface area contributed by atoms with Crippen molar-refractivity contribution in [3.05, 3.63) is 31.1 Å².